The van der Waals surface area contributed by atoms with E-state index >= 15 is 0 Å². The maximum absolute atomic E-state index is 12.7. The highest BCUT2D eigenvalue weighted by Gasteiger charge is 2.26. The number of ether oxygens (including phenoxy) is 1. The first-order chi connectivity index (χ1) is 13.8. The second-order valence-corrected chi connectivity index (χ2v) is 7.27. The third kappa shape index (κ3) is 4.19. The number of esters is 1. The highest BCUT2D eigenvalue weighted by molar-refractivity contribution is 7.14. The summed E-state index contributed by atoms with van der Waals surface area (Å²) in [5, 5.41) is 8.93. The summed E-state index contributed by atoms with van der Waals surface area (Å²) in [7, 11) is 0. The van der Waals surface area contributed by atoms with Gasteiger partial charge < -0.3 is 15.8 Å². The molecule has 1 aromatic carbocycles. The summed E-state index contributed by atoms with van der Waals surface area (Å²) in [6, 6.07) is 10.9. The molecule has 0 unspecified atom stereocenters. The number of rotatable bonds is 6. The van der Waals surface area contributed by atoms with E-state index in [-0.39, 0.29) is 5.56 Å². The van der Waals surface area contributed by atoms with E-state index in [2.05, 4.69) is 10.4 Å². The minimum absolute atomic E-state index is 0.206. The number of hydrogen-bond donors (Lipinski definition) is 2. The van der Waals surface area contributed by atoms with Crippen LogP contribution < -0.4 is 11.1 Å². The Morgan fingerprint density at radius 2 is 1.86 bits per heavy atom. The Hall–Kier alpha value is -3.46. The molecule has 3 rings (SSSR count). The zero-order chi connectivity index (χ0) is 21.1. The normalized spacial score (nSPS) is 11.7. The van der Waals surface area contributed by atoms with Gasteiger partial charge in [-0.2, -0.15) is 5.10 Å². The number of thiophene rings is 1. The third-order valence-electron chi connectivity index (χ3n) is 4.32. The van der Waals surface area contributed by atoms with E-state index in [1.54, 1.807) is 23.9 Å². The van der Waals surface area contributed by atoms with E-state index in [1.165, 1.54) is 13.0 Å². The molecule has 0 radical (unpaired) electrons. The Morgan fingerprint density at radius 3 is 2.52 bits per heavy atom. The van der Waals surface area contributed by atoms with Crippen LogP contribution in [-0.2, 0) is 9.53 Å². The van der Waals surface area contributed by atoms with Crippen LogP contribution in [0.4, 0.5) is 5.00 Å². The maximum Gasteiger partial charge on any atom is 0.342 e. The highest BCUT2D eigenvalue weighted by atomic mass is 32.1. The van der Waals surface area contributed by atoms with Crippen molar-refractivity contribution >= 4 is 34.1 Å². The molecule has 2 amide bonds. The maximum atomic E-state index is 12.7. The SMILES string of the molecule is Cc1nn(-c2ccccc2)c(C)c1C(=O)O[C@H](C)C(=O)Nc1sccc1C(N)=O. The molecule has 9 heteroatoms. The number of primary amides is 1. The van der Waals surface area contributed by atoms with Crippen LogP contribution in [0.2, 0.25) is 0 Å². The smallest absolute Gasteiger partial charge is 0.342 e. The molecule has 2 heterocycles. The van der Waals surface area contributed by atoms with Gasteiger partial charge in [0, 0.05) is 0 Å². The quantitative estimate of drug-likeness (QED) is 0.604. The van der Waals surface area contributed by atoms with Crippen LogP contribution in [0.25, 0.3) is 5.69 Å². The number of nitrogens with one attached hydrogen (secondary N) is 1. The summed E-state index contributed by atoms with van der Waals surface area (Å²) in [6.45, 7) is 4.93. The number of carbonyl (C=O) groups excluding carboxylic acids is 3. The van der Waals surface area contributed by atoms with Crippen molar-refractivity contribution in [1.82, 2.24) is 9.78 Å². The number of aromatic nitrogens is 2. The Morgan fingerprint density at radius 1 is 1.17 bits per heavy atom. The van der Waals surface area contributed by atoms with E-state index < -0.39 is 23.9 Å². The predicted octanol–water partition coefficient (Wildman–Crippen LogP) is 2.83. The minimum Gasteiger partial charge on any atom is -0.449 e. The lowest BCUT2D eigenvalue weighted by atomic mass is 10.2. The van der Waals surface area contributed by atoms with E-state index in [0.29, 0.717) is 22.0 Å². The molecule has 0 aliphatic heterocycles. The van der Waals surface area contributed by atoms with Crippen LogP contribution in [0.1, 0.15) is 39.0 Å². The largest absolute Gasteiger partial charge is 0.449 e. The second kappa shape index (κ2) is 8.27. The van der Waals surface area contributed by atoms with Gasteiger partial charge in [-0.3, -0.25) is 9.59 Å². The minimum atomic E-state index is -1.08. The number of nitrogens with zero attached hydrogens (tertiary/aromatic N) is 2. The molecule has 0 saturated heterocycles. The van der Waals surface area contributed by atoms with Crippen molar-refractivity contribution in [2.45, 2.75) is 26.9 Å². The lowest BCUT2D eigenvalue weighted by molar-refractivity contribution is -0.123. The number of para-hydroxylation sites is 1. The van der Waals surface area contributed by atoms with Crippen LogP contribution in [0.5, 0.6) is 0 Å². The Balaban J connectivity index is 1.74. The number of anilines is 1. The lowest BCUT2D eigenvalue weighted by Gasteiger charge is -2.13. The van der Waals surface area contributed by atoms with E-state index in [9.17, 15) is 14.4 Å². The van der Waals surface area contributed by atoms with Crippen LogP contribution in [0, 0.1) is 13.8 Å². The third-order valence-corrected chi connectivity index (χ3v) is 5.15. The van der Waals surface area contributed by atoms with Crippen molar-refractivity contribution in [1.29, 1.82) is 0 Å². The Labute approximate surface area is 171 Å². The molecule has 29 heavy (non-hydrogen) atoms. The number of carbonyl (C=O) groups is 3. The van der Waals surface area contributed by atoms with Gasteiger partial charge >= 0.3 is 5.97 Å². The van der Waals surface area contributed by atoms with Gasteiger partial charge in [0.15, 0.2) is 6.10 Å². The number of aryl methyl sites for hydroxylation is 1. The molecule has 0 spiro atoms. The van der Waals surface area contributed by atoms with Gasteiger partial charge in [-0.05, 0) is 44.4 Å². The lowest BCUT2D eigenvalue weighted by Crippen LogP contribution is -2.30. The molecule has 0 fully saturated rings. The molecule has 0 aliphatic rings. The van der Waals surface area contributed by atoms with Gasteiger partial charge in [0.2, 0.25) is 0 Å². The molecule has 0 aliphatic carbocycles. The average molecular weight is 412 g/mol. The molecule has 3 aromatic rings. The van der Waals surface area contributed by atoms with E-state index in [0.717, 1.165) is 17.0 Å². The van der Waals surface area contributed by atoms with Crippen molar-refractivity contribution in [2.75, 3.05) is 5.32 Å². The van der Waals surface area contributed by atoms with Gasteiger partial charge in [0.25, 0.3) is 11.8 Å². The first kappa shape index (κ1) is 20.3. The number of benzene rings is 1. The zero-order valence-electron chi connectivity index (χ0n) is 16.1. The number of amides is 2. The van der Waals surface area contributed by atoms with Gasteiger partial charge in [-0.15, -0.1) is 11.3 Å². The second-order valence-electron chi connectivity index (χ2n) is 6.36. The molecule has 0 saturated carbocycles. The molecular formula is C20H20N4O4S. The van der Waals surface area contributed by atoms with Gasteiger partial charge in [-0.25, -0.2) is 9.48 Å². The molecule has 8 nitrogen and oxygen atoms in total. The number of nitrogens with two attached hydrogens (primary N) is 1. The fourth-order valence-corrected chi connectivity index (χ4v) is 3.64. The monoisotopic (exact) mass is 412 g/mol. The molecule has 2 aromatic heterocycles. The predicted molar refractivity (Wildman–Crippen MR) is 109 cm³/mol. The van der Waals surface area contributed by atoms with Crippen molar-refractivity contribution < 1.29 is 19.1 Å². The molecule has 0 bridgehead atoms. The van der Waals surface area contributed by atoms with E-state index in [1.807, 2.05) is 30.3 Å². The van der Waals surface area contributed by atoms with E-state index in [4.69, 9.17) is 10.5 Å². The summed E-state index contributed by atoms with van der Waals surface area (Å²) in [6.07, 6.45) is -1.08. The molecule has 3 N–H and O–H groups in total. The Kier molecular flexibility index (Phi) is 5.79. The van der Waals surface area contributed by atoms with Crippen molar-refractivity contribution in [2.24, 2.45) is 5.73 Å². The van der Waals surface area contributed by atoms with Crippen molar-refractivity contribution in [3.63, 3.8) is 0 Å². The van der Waals surface area contributed by atoms with Gasteiger partial charge in [-0.1, -0.05) is 18.2 Å². The number of hydrogen-bond acceptors (Lipinski definition) is 6. The molecule has 1 atom stereocenters. The highest BCUT2D eigenvalue weighted by Crippen LogP contribution is 2.23. The van der Waals surface area contributed by atoms with Crippen molar-refractivity contribution in [3.8, 4) is 5.69 Å². The van der Waals surface area contributed by atoms with Crippen LogP contribution in [0.15, 0.2) is 41.8 Å². The first-order valence-corrected chi connectivity index (χ1v) is 9.68. The summed E-state index contributed by atoms with van der Waals surface area (Å²) < 4.78 is 7.00. The Bertz CT molecular complexity index is 1070. The summed E-state index contributed by atoms with van der Waals surface area (Å²) in [4.78, 5) is 36.5. The van der Waals surface area contributed by atoms with Crippen LogP contribution >= 0.6 is 11.3 Å². The standard InChI is InChI=1S/C20H20N4O4S/c1-11-16(12(2)24(23-11)14-7-5-4-6-8-14)20(27)28-13(3)18(26)22-19-15(17(21)25)9-10-29-19/h4-10,13H,1-3H3,(H2,21,25)(H,22,26)/t13-/m1/s1. The molecule has 150 valence electrons. The fraction of sp³-hybridized carbons (Fsp3) is 0.200. The zero-order valence-corrected chi connectivity index (χ0v) is 16.9. The molecular weight excluding hydrogens is 392 g/mol. The van der Waals surface area contributed by atoms with Crippen molar-refractivity contribution in [3.05, 3.63) is 64.3 Å². The van der Waals surface area contributed by atoms with Crippen LogP contribution in [0.3, 0.4) is 0 Å². The summed E-state index contributed by atoms with van der Waals surface area (Å²) in [5.74, 6) is -1.86. The average Bonchev–Trinajstić information content (AvgIpc) is 3.26. The fourth-order valence-electron chi connectivity index (χ4n) is 2.85. The topological polar surface area (TPSA) is 116 Å². The van der Waals surface area contributed by atoms with Gasteiger partial charge in [0.05, 0.1) is 22.6 Å². The van der Waals surface area contributed by atoms with Gasteiger partial charge in [0.1, 0.15) is 10.6 Å². The summed E-state index contributed by atoms with van der Waals surface area (Å²) in [5.41, 5.74) is 7.71. The van der Waals surface area contributed by atoms with Crippen LogP contribution in [-0.4, -0.2) is 33.7 Å². The first-order valence-electron chi connectivity index (χ1n) is 8.80. The summed E-state index contributed by atoms with van der Waals surface area (Å²) >= 11 is 1.16.